The van der Waals surface area contributed by atoms with Gasteiger partial charge in [-0.1, -0.05) is 30.3 Å². The van der Waals surface area contributed by atoms with Crippen LogP contribution in [0.3, 0.4) is 0 Å². The van der Waals surface area contributed by atoms with E-state index in [1.165, 1.54) is 17.8 Å². The molecule has 0 aliphatic rings. The van der Waals surface area contributed by atoms with Crippen LogP contribution in [0.4, 0.5) is 10.5 Å². The van der Waals surface area contributed by atoms with E-state index in [0.29, 0.717) is 17.1 Å². The Morgan fingerprint density at radius 1 is 1.09 bits per heavy atom. The van der Waals surface area contributed by atoms with Gasteiger partial charge in [-0.3, -0.25) is 4.79 Å². The van der Waals surface area contributed by atoms with E-state index >= 15 is 0 Å². The number of para-hydroxylation sites is 1. The average molecular weight is 466 g/mol. The number of urea groups is 1. The largest absolute Gasteiger partial charge is 0.505 e. The molecule has 1 aromatic heterocycles. The summed E-state index contributed by atoms with van der Waals surface area (Å²) in [4.78, 5) is 37.5. The first-order chi connectivity index (χ1) is 16.3. The summed E-state index contributed by atoms with van der Waals surface area (Å²) in [6.07, 6.45) is 1.57. The molecular formula is C25H27N3O6. The Kier molecular flexibility index (Phi) is 7.92. The van der Waals surface area contributed by atoms with Crippen LogP contribution in [0.2, 0.25) is 0 Å². The number of carbonyl (C=O) groups excluding carboxylic acids is 2. The van der Waals surface area contributed by atoms with E-state index in [1.807, 2.05) is 30.3 Å². The number of nitrogens with zero attached hydrogens (tertiary/aromatic N) is 1. The summed E-state index contributed by atoms with van der Waals surface area (Å²) >= 11 is 0. The molecule has 9 nitrogen and oxygen atoms in total. The molecule has 3 rings (SSSR count). The molecule has 1 unspecified atom stereocenters. The molecule has 0 saturated heterocycles. The molecule has 1 atom stereocenters. The van der Waals surface area contributed by atoms with Crippen molar-refractivity contribution >= 4 is 17.7 Å². The standard InChI is InChI=1S/C25H27N3O6/c1-4-33-24(31)20(26-25(32)27-21-22(29)16(2)15-28(3)23(21)30)14-17-9-8-12-19(13-17)34-18-10-6-5-7-11-18/h5-13,15,20,29H,4,14H2,1-3H3,(H2,26,27,32). The lowest BCUT2D eigenvalue weighted by Gasteiger charge is -2.19. The Labute approximate surface area is 197 Å². The highest BCUT2D eigenvalue weighted by Crippen LogP contribution is 2.24. The quantitative estimate of drug-likeness (QED) is 0.438. The van der Waals surface area contributed by atoms with E-state index in [9.17, 15) is 19.5 Å². The summed E-state index contributed by atoms with van der Waals surface area (Å²) in [5.41, 5.74) is 0.272. The molecule has 9 heteroatoms. The maximum absolute atomic E-state index is 12.6. The normalized spacial score (nSPS) is 11.4. The molecule has 1 heterocycles. The van der Waals surface area contributed by atoms with E-state index in [1.54, 1.807) is 38.1 Å². The number of carbonyl (C=O) groups is 2. The molecule has 0 saturated carbocycles. The van der Waals surface area contributed by atoms with E-state index in [4.69, 9.17) is 9.47 Å². The summed E-state index contributed by atoms with van der Waals surface area (Å²) in [7, 11) is 1.50. The van der Waals surface area contributed by atoms with Gasteiger partial charge in [-0.15, -0.1) is 0 Å². The van der Waals surface area contributed by atoms with Gasteiger partial charge in [-0.25, -0.2) is 9.59 Å². The summed E-state index contributed by atoms with van der Waals surface area (Å²) in [5.74, 6) is 0.271. The summed E-state index contributed by atoms with van der Waals surface area (Å²) < 4.78 is 12.2. The Bertz CT molecular complexity index is 1220. The van der Waals surface area contributed by atoms with Gasteiger partial charge in [0.25, 0.3) is 5.56 Å². The van der Waals surface area contributed by atoms with Crippen molar-refractivity contribution in [1.82, 2.24) is 9.88 Å². The maximum Gasteiger partial charge on any atom is 0.329 e. The van der Waals surface area contributed by atoms with Crippen molar-refractivity contribution in [2.45, 2.75) is 26.3 Å². The third-order valence-electron chi connectivity index (χ3n) is 4.96. The molecule has 3 aromatic rings. The molecule has 2 amide bonds. The number of anilines is 1. The highest BCUT2D eigenvalue weighted by Gasteiger charge is 2.24. The molecule has 0 bridgehead atoms. The van der Waals surface area contributed by atoms with Crippen molar-refractivity contribution in [3.8, 4) is 17.2 Å². The first-order valence-electron chi connectivity index (χ1n) is 10.7. The number of hydrogen-bond acceptors (Lipinski definition) is 6. The molecule has 34 heavy (non-hydrogen) atoms. The van der Waals surface area contributed by atoms with Gasteiger partial charge in [-0.05, 0) is 43.7 Å². The Morgan fingerprint density at radius 2 is 1.79 bits per heavy atom. The van der Waals surface area contributed by atoms with Crippen molar-refractivity contribution < 1.29 is 24.2 Å². The number of rotatable bonds is 8. The van der Waals surface area contributed by atoms with Crippen LogP contribution in [0.15, 0.2) is 65.6 Å². The second-order valence-electron chi connectivity index (χ2n) is 7.62. The Hall–Kier alpha value is -4.27. The number of nitrogens with one attached hydrogen (secondary N) is 2. The van der Waals surface area contributed by atoms with Gasteiger partial charge in [0, 0.05) is 25.2 Å². The van der Waals surface area contributed by atoms with Crippen LogP contribution in [-0.2, 0) is 23.0 Å². The minimum absolute atomic E-state index is 0.121. The van der Waals surface area contributed by atoms with Crippen LogP contribution in [0.1, 0.15) is 18.1 Å². The van der Waals surface area contributed by atoms with Crippen LogP contribution in [0, 0.1) is 6.92 Å². The number of hydrogen-bond donors (Lipinski definition) is 3. The number of aromatic nitrogens is 1. The van der Waals surface area contributed by atoms with Crippen LogP contribution >= 0.6 is 0 Å². The minimum atomic E-state index is -1.04. The smallest absolute Gasteiger partial charge is 0.329 e. The number of aryl methyl sites for hydroxylation is 2. The first kappa shape index (κ1) is 24.4. The van der Waals surface area contributed by atoms with Crippen molar-refractivity contribution in [2.24, 2.45) is 7.05 Å². The summed E-state index contributed by atoms with van der Waals surface area (Å²) in [6.45, 7) is 3.40. The monoisotopic (exact) mass is 465 g/mol. The van der Waals surface area contributed by atoms with Gasteiger partial charge >= 0.3 is 12.0 Å². The lowest BCUT2D eigenvalue weighted by atomic mass is 10.1. The fraction of sp³-hybridized carbons (Fsp3) is 0.240. The van der Waals surface area contributed by atoms with E-state index in [-0.39, 0.29) is 24.5 Å². The number of ether oxygens (including phenoxy) is 2. The van der Waals surface area contributed by atoms with Crippen molar-refractivity contribution in [3.63, 3.8) is 0 Å². The second-order valence-corrected chi connectivity index (χ2v) is 7.62. The van der Waals surface area contributed by atoms with Crippen molar-refractivity contribution in [1.29, 1.82) is 0 Å². The number of benzene rings is 2. The molecule has 0 fully saturated rings. The lowest BCUT2D eigenvalue weighted by Crippen LogP contribution is -2.46. The van der Waals surface area contributed by atoms with Gasteiger partial charge in [0.15, 0.2) is 5.69 Å². The van der Waals surface area contributed by atoms with Crippen molar-refractivity contribution in [3.05, 3.63) is 82.3 Å². The zero-order valence-corrected chi connectivity index (χ0v) is 19.2. The number of amides is 2. The van der Waals surface area contributed by atoms with Crippen molar-refractivity contribution in [2.75, 3.05) is 11.9 Å². The SMILES string of the molecule is CCOC(=O)C(Cc1cccc(Oc2ccccc2)c1)NC(=O)Nc1c(O)c(C)cn(C)c1=O. The van der Waals surface area contributed by atoms with E-state index in [0.717, 1.165) is 5.56 Å². The third kappa shape index (κ3) is 6.16. The molecular weight excluding hydrogens is 438 g/mol. The number of pyridine rings is 1. The Morgan fingerprint density at radius 3 is 2.50 bits per heavy atom. The highest BCUT2D eigenvalue weighted by atomic mass is 16.5. The van der Waals surface area contributed by atoms with Gasteiger partial charge in [-0.2, -0.15) is 0 Å². The highest BCUT2D eigenvalue weighted by molar-refractivity contribution is 5.93. The third-order valence-corrected chi connectivity index (χ3v) is 4.96. The predicted molar refractivity (Wildman–Crippen MR) is 127 cm³/mol. The molecule has 0 aliphatic heterocycles. The topological polar surface area (TPSA) is 119 Å². The van der Waals surface area contributed by atoms with Gasteiger partial charge in [0.2, 0.25) is 0 Å². The summed E-state index contributed by atoms with van der Waals surface area (Å²) in [5, 5.41) is 15.1. The molecule has 2 aromatic carbocycles. The molecule has 0 radical (unpaired) electrons. The second kappa shape index (κ2) is 11.0. The fourth-order valence-corrected chi connectivity index (χ4v) is 3.34. The van der Waals surface area contributed by atoms with Crippen LogP contribution in [0.5, 0.6) is 17.2 Å². The fourth-order valence-electron chi connectivity index (χ4n) is 3.34. The van der Waals surface area contributed by atoms with Gasteiger partial charge in [0.05, 0.1) is 6.61 Å². The van der Waals surface area contributed by atoms with Crippen LogP contribution in [0.25, 0.3) is 0 Å². The van der Waals surface area contributed by atoms with E-state index < -0.39 is 23.6 Å². The maximum atomic E-state index is 12.6. The molecule has 3 N–H and O–H groups in total. The van der Waals surface area contributed by atoms with Crippen LogP contribution in [-0.4, -0.2) is 34.3 Å². The molecule has 178 valence electrons. The predicted octanol–water partition coefficient (Wildman–Crippen LogP) is 3.49. The zero-order chi connectivity index (χ0) is 24.7. The molecule has 0 spiro atoms. The zero-order valence-electron chi connectivity index (χ0n) is 19.2. The lowest BCUT2D eigenvalue weighted by molar-refractivity contribution is -0.145. The first-order valence-corrected chi connectivity index (χ1v) is 10.7. The van der Waals surface area contributed by atoms with Gasteiger partial charge in [0.1, 0.15) is 23.3 Å². The Balaban J connectivity index is 1.77. The number of aromatic hydroxyl groups is 1. The van der Waals surface area contributed by atoms with Crippen LogP contribution < -0.4 is 20.9 Å². The van der Waals surface area contributed by atoms with Gasteiger partial charge < -0.3 is 29.8 Å². The van der Waals surface area contributed by atoms with E-state index in [2.05, 4.69) is 10.6 Å². The minimum Gasteiger partial charge on any atom is -0.505 e. The number of esters is 1. The summed E-state index contributed by atoms with van der Waals surface area (Å²) in [6, 6.07) is 14.5. The molecule has 0 aliphatic carbocycles. The average Bonchev–Trinajstić information content (AvgIpc) is 2.81.